The number of nitrogens with one attached hydrogen (secondary N) is 1. The van der Waals surface area contributed by atoms with Gasteiger partial charge >= 0.3 is 12.1 Å². The molecular formula is C16H9Cl3F3NO3. The molecule has 0 radical (unpaired) electrons. The van der Waals surface area contributed by atoms with E-state index in [2.05, 4.69) is 5.32 Å². The fourth-order valence-corrected chi connectivity index (χ4v) is 2.60. The summed E-state index contributed by atoms with van der Waals surface area (Å²) in [4.78, 5) is 23.8. The van der Waals surface area contributed by atoms with Gasteiger partial charge in [0.2, 0.25) is 0 Å². The first kappa shape index (κ1) is 20.4. The highest BCUT2D eigenvalue weighted by molar-refractivity contribution is 6.39. The second-order valence-corrected chi connectivity index (χ2v) is 6.13. The average molecular weight is 427 g/mol. The van der Waals surface area contributed by atoms with E-state index in [1.165, 1.54) is 18.2 Å². The molecule has 26 heavy (non-hydrogen) atoms. The van der Waals surface area contributed by atoms with Crippen LogP contribution in [0.25, 0.3) is 0 Å². The number of carbonyl (C=O) groups is 2. The molecule has 138 valence electrons. The van der Waals surface area contributed by atoms with Crippen LogP contribution in [0.2, 0.25) is 15.1 Å². The number of amides is 1. The predicted molar refractivity (Wildman–Crippen MR) is 91.8 cm³/mol. The lowest BCUT2D eigenvalue weighted by Gasteiger charge is -2.12. The number of hydrogen-bond donors (Lipinski definition) is 1. The molecular weight excluding hydrogens is 418 g/mol. The van der Waals surface area contributed by atoms with Crippen molar-refractivity contribution >= 4 is 52.4 Å². The molecule has 0 heterocycles. The number of benzene rings is 2. The lowest BCUT2D eigenvalue weighted by atomic mass is 10.2. The molecule has 0 bridgehead atoms. The Morgan fingerprint density at radius 3 is 2.19 bits per heavy atom. The molecule has 0 fully saturated rings. The van der Waals surface area contributed by atoms with E-state index in [9.17, 15) is 22.8 Å². The monoisotopic (exact) mass is 425 g/mol. The molecule has 0 aromatic heterocycles. The van der Waals surface area contributed by atoms with E-state index in [1.54, 1.807) is 0 Å². The Morgan fingerprint density at radius 1 is 1.00 bits per heavy atom. The van der Waals surface area contributed by atoms with Gasteiger partial charge in [-0.1, -0.05) is 40.9 Å². The lowest BCUT2D eigenvalue weighted by Crippen LogP contribution is -2.21. The van der Waals surface area contributed by atoms with Gasteiger partial charge in [0.15, 0.2) is 6.61 Å². The highest BCUT2D eigenvalue weighted by Gasteiger charge is 2.31. The van der Waals surface area contributed by atoms with Gasteiger partial charge in [0, 0.05) is 0 Å². The zero-order chi connectivity index (χ0) is 19.5. The molecule has 0 unspecified atom stereocenters. The molecule has 4 nitrogen and oxygen atoms in total. The molecule has 0 aliphatic carbocycles. The summed E-state index contributed by atoms with van der Waals surface area (Å²) < 4.78 is 42.9. The topological polar surface area (TPSA) is 55.4 Å². The number of ether oxygens (including phenoxy) is 1. The van der Waals surface area contributed by atoms with Gasteiger partial charge < -0.3 is 10.1 Å². The van der Waals surface area contributed by atoms with Gasteiger partial charge in [0.1, 0.15) is 0 Å². The third kappa shape index (κ3) is 5.03. The van der Waals surface area contributed by atoms with Crippen LogP contribution in [-0.2, 0) is 15.7 Å². The second-order valence-electron chi connectivity index (χ2n) is 4.91. The van der Waals surface area contributed by atoms with Crippen LogP contribution in [0.1, 0.15) is 15.9 Å². The molecule has 2 aromatic rings. The Morgan fingerprint density at radius 2 is 1.62 bits per heavy atom. The van der Waals surface area contributed by atoms with Crippen molar-refractivity contribution in [2.75, 3.05) is 11.9 Å². The normalized spacial score (nSPS) is 11.2. The van der Waals surface area contributed by atoms with E-state index in [0.717, 1.165) is 12.1 Å². The molecule has 2 rings (SSSR count). The molecule has 10 heteroatoms. The summed E-state index contributed by atoms with van der Waals surface area (Å²) in [6.07, 6.45) is -4.60. The van der Waals surface area contributed by atoms with Gasteiger partial charge in [0.25, 0.3) is 5.91 Å². The molecule has 0 saturated carbocycles. The summed E-state index contributed by atoms with van der Waals surface area (Å²) >= 11 is 17.4. The zero-order valence-electron chi connectivity index (χ0n) is 12.7. The largest absolute Gasteiger partial charge is 0.452 e. The van der Waals surface area contributed by atoms with Gasteiger partial charge in [-0.25, -0.2) is 4.79 Å². The van der Waals surface area contributed by atoms with Crippen molar-refractivity contribution in [1.82, 2.24) is 0 Å². The first-order valence-electron chi connectivity index (χ1n) is 6.87. The molecule has 0 aliphatic rings. The molecule has 0 saturated heterocycles. The smallest absolute Gasteiger partial charge is 0.416 e. The third-order valence-electron chi connectivity index (χ3n) is 3.07. The van der Waals surface area contributed by atoms with Crippen LogP contribution in [0.3, 0.4) is 0 Å². The second kappa shape index (κ2) is 8.16. The zero-order valence-corrected chi connectivity index (χ0v) is 14.9. The van der Waals surface area contributed by atoms with Crippen LogP contribution in [0.4, 0.5) is 18.9 Å². The average Bonchev–Trinajstić information content (AvgIpc) is 2.53. The van der Waals surface area contributed by atoms with E-state index >= 15 is 0 Å². The van der Waals surface area contributed by atoms with Crippen LogP contribution < -0.4 is 5.32 Å². The maximum Gasteiger partial charge on any atom is 0.416 e. The number of alkyl halides is 3. The Balaban J connectivity index is 2.05. The van der Waals surface area contributed by atoms with Crippen LogP contribution in [0.5, 0.6) is 0 Å². The maximum atomic E-state index is 12.7. The summed E-state index contributed by atoms with van der Waals surface area (Å²) in [5.74, 6) is -1.84. The standard InChI is InChI=1S/C16H9Cl3F3NO3/c17-9-5-4-8(16(20,21)22)6-12(9)23-13(24)7-26-15(25)14-10(18)2-1-3-11(14)19/h1-6H,7H2,(H,23,24). The highest BCUT2D eigenvalue weighted by Crippen LogP contribution is 2.33. The van der Waals surface area contributed by atoms with Crippen LogP contribution in [-0.4, -0.2) is 18.5 Å². The van der Waals surface area contributed by atoms with Crippen molar-refractivity contribution in [2.45, 2.75) is 6.18 Å². The fraction of sp³-hybridized carbons (Fsp3) is 0.125. The van der Waals surface area contributed by atoms with E-state index in [1.807, 2.05) is 0 Å². The van der Waals surface area contributed by atoms with Crippen molar-refractivity contribution in [2.24, 2.45) is 0 Å². The molecule has 0 aliphatic heterocycles. The Hall–Kier alpha value is -1.96. The molecule has 0 spiro atoms. The minimum absolute atomic E-state index is 0.0313. The first-order chi connectivity index (χ1) is 12.1. The van der Waals surface area contributed by atoms with Gasteiger partial charge in [-0.15, -0.1) is 0 Å². The van der Waals surface area contributed by atoms with Crippen molar-refractivity contribution < 1.29 is 27.5 Å². The Kier molecular flexibility index (Phi) is 6.39. The lowest BCUT2D eigenvalue weighted by molar-refractivity contribution is -0.137. The van der Waals surface area contributed by atoms with E-state index in [-0.39, 0.29) is 26.3 Å². The van der Waals surface area contributed by atoms with Crippen molar-refractivity contribution in [1.29, 1.82) is 0 Å². The van der Waals surface area contributed by atoms with Gasteiger partial charge in [-0.3, -0.25) is 4.79 Å². The van der Waals surface area contributed by atoms with Crippen LogP contribution in [0, 0.1) is 0 Å². The summed E-state index contributed by atoms with van der Waals surface area (Å²) in [7, 11) is 0. The minimum atomic E-state index is -4.60. The number of carbonyl (C=O) groups excluding carboxylic acids is 2. The number of halogens is 6. The summed E-state index contributed by atoms with van der Waals surface area (Å²) in [6.45, 7) is -0.771. The summed E-state index contributed by atoms with van der Waals surface area (Å²) in [5.41, 5.74) is -1.38. The quantitative estimate of drug-likeness (QED) is 0.661. The first-order valence-corrected chi connectivity index (χ1v) is 8.00. The molecule has 1 N–H and O–H groups in total. The molecule has 1 amide bonds. The number of esters is 1. The van der Waals surface area contributed by atoms with E-state index in [4.69, 9.17) is 39.5 Å². The SMILES string of the molecule is O=C(COC(=O)c1c(Cl)cccc1Cl)Nc1cc(C(F)(F)F)ccc1Cl. The maximum absolute atomic E-state index is 12.7. The number of rotatable bonds is 4. The van der Waals surface area contributed by atoms with Crippen molar-refractivity contribution in [3.63, 3.8) is 0 Å². The van der Waals surface area contributed by atoms with E-state index < -0.39 is 30.2 Å². The van der Waals surface area contributed by atoms with Crippen LogP contribution in [0.15, 0.2) is 36.4 Å². The van der Waals surface area contributed by atoms with Crippen molar-refractivity contribution in [3.05, 3.63) is 62.6 Å². The van der Waals surface area contributed by atoms with Gasteiger partial charge in [-0.2, -0.15) is 13.2 Å². The van der Waals surface area contributed by atoms with Crippen molar-refractivity contribution in [3.8, 4) is 0 Å². The van der Waals surface area contributed by atoms with E-state index in [0.29, 0.717) is 6.07 Å². The van der Waals surface area contributed by atoms with Gasteiger partial charge in [-0.05, 0) is 30.3 Å². The Labute approximate surface area is 160 Å². The number of anilines is 1. The number of hydrogen-bond acceptors (Lipinski definition) is 3. The third-order valence-corrected chi connectivity index (χ3v) is 4.03. The minimum Gasteiger partial charge on any atom is -0.452 e. The highest BCUT2D eigenvalue weighted by atomic mass is 35.5. The summed E-state index contributed by atoms with van der Waals surface area (Å²) in [5, 5.41) is 2.10. The Bertz CT molecular complexity index is 836. The molecule has 2 aromatic carbocycles. The fourth-order valence-electron chi connectivity index (χ4n) is 1.88. The van der Waals surface area contributed by atoms with Gasteiger partial charge in [0.05, 0.1) is 31.9 Å². The molecule has 0 atom stereocenters. The summed E-state index contributed by atoms with van der Waals surface area (Å²) in [6, 6.07) is 6.78. The van der Waals surface area contributed by atoms with Crippen LogP contribution >= 0.6 is 34.8 Å². The predicted octanol–water partition coefficient (Wildman–Crippen LogP) is 5.46.